The Labute approximate surface area is 109 Å². The molecule has 1 aliphatic rings. The molecule has 0 aromatic carbocycles. The first-order chi connectivity index (χ1) is 8.86. The molecule has 1 fully saturated rings. The van der Waals surface area contributed by atoms with E-state index in [0.29, 0.717) is 12.2 Å². The van der Waals surface area contributed by atoms with Gasteiger partial charge >= 0.3 is 0 Å². The fourth-order valence-corrected chi connectivity index (χ4v) is 2.20. The molecular formula is C10H13N3O5S. The summed E-state index contributed by atoms with van der Waals surface area (Å²) in [4.78, 5) is 22.4. The van der Waals surface area contributed by atoms with Crippen molar-refractivity contribution in [1.82, 2.24) is 10.6 Å². The number of carbonyl (C=O) groups excluding carboxylic acids is 2. The lowest BCUT2D eigenvalue weighted by molar-refractivity contribution is -0.134. The topological polar surface area (TPSA) is 132 Å². The first-order valence-corrected chi connectivity index (χ1v) is 7.09. The zero-order valence-electron chi connectivity index (χ0n) is 9.88. The van der Waals surface area contributed by atoms with Crippen molar-refractivity contribution in [3.05, 3.63) is 17.9 Å². The number of amides is 2. The summed E-state index contributed by atoms with van der Waals surface area (Å²) in [6.07, 6.45) is 0.664. The molecular weight excluding hydrogens is 274 g/mol. The van der Waals surface area contributed by atoms with E-state index in [9.17, 15) is 18.0 Å². The van der Waals surface area contributed by atoms with E-state index in [1.165, 1.54) is 12.1 Å². The molecule has 0 saturated carbocycles. The molecule has 1 atom stereocenters. The molecule has 0 spiro atoms. The highest BCUT2D eigenvalue weighted by Crippen LogP contribution is 2.13. The fourth-order valence-electron chi connectivity index (χ4n) is 1.72. The van der Waals surface area contributed by atoms with Gasteiger partial charge in [0.2, 0.25) is 16.9 Å². The maximum Gasteiger partial charge on any atom is 0.271 e. The van der Waals surface area contributed by atoms with Crippen LogP contribution in [-0.2, 0) is 26.2 Å². The van der Waals surface area contributed by atoms with Crippen LogP contribution in [0.15, 0.2) is 21.6 Å². The Bertz CT molecular complexity index is 606. The van der Waals surface area contributed by atoms with Crippen molar-refractivity contribution in [2.24, 2.45) is 5.14 Å². The van der Waals surface area contributed by atoms with E-state index in [-0.39, 0.29) is 24.0 Å². The average Bonchev–Trinajstić information content (AvgIpc) is 2.76. The number of sulfonamides is 1. The van der Waals surface area contributed by atoms with Gasteiger partial charge < -0.3 is 4.42 Å². The molecule has 0 radical (unpaired) electrons. The third-order valence-corrected chi connectivity index (χ3v) is 3.46. The minimum atomic E-state index is -3.86. The van der Waals surface area contributed by atoms with Crippen LogP contribution in [0.5, 0.6) is 0 Å². The highest BCUT2D eigenvalue weighted by molar-refractivity contribution is 7.89. The van der Waals surface area contributed by atoms with Gasteiger partial charge in [0.05, 0.1) is 12.6 Å². The van der Waals surface area contributed by atoms with E-state index >= 15 is 0 Å². The number of nitrogens with two attached hydrogens (primary N) is 1. The number of imide groups is 1. The van der Waals surface area contributed by atoms with Crippen LogP contribution in [0.2, 0.25) is 0 Å². The molecule has 1 aromatic rings. The fraction of sp³-hybridized carbons (Fsp3) is 0.400. The standard InChI is InChI=1S/C10H13N3O5S/c11-19(16,17)9-4-1-6(18-9)5-12-7-2-3-8(14)13-10(7)15/h1,4,7,12H,2-3,5H2,(H2,11,16,17)(H,13,14,15). The second kappa shape index (κ2) is 5.11. The molecule has 0 aliphatic carbocycles. The first-order valence-electron chi connectivity index (χ1n) is 5.55. The van der Waals surface area contributed by atoms with Crippen molar-refractivity contribution in [2.75, 3.05) is 0 Å². The first kappa shape index (κ1) is 13.7. The van der Waals surface area contributed by atoms with Gasteiger partial charge in [-0.15, -0.1) is 0 Å². The van der Waals surface area contributed by atoms with E-state index in [0.717, 1.165) is 0 Å². The third-order valence-electron chi connectivity index (χ3n) is 2.68. The molecule has 2 heterocycles. The third kappa shape index (κ3) is 3.40. The van der Waals surface area contributed by atoms with E-state index in [2.05, 4.69) is 10.6 Å². The number of piperidine rings is 1. The molecule has 1 unspecified atom stereocenters. The maximum atomic E-state index is 11.4. The van der Waals surface area contributed by atoms with Crippen molar-refractivity contribution in [2.45, 2.75) is 30.5 Å². The van der Waals surface area contributed by atoms with E-state index in [1.54, 1.807) is 0 Å². The minimum Gasteiger partial charge on any atom is -0.447 e. The van der Waals surface area contributed by atoms with Crippen LogP contribution < -0.4 is 15.8 Å². The summed E-state index contributed by atoms with van der Waals surface area (Å²) >= 11 is 0. The van der Waals surface area contributed by atoms with Crippen molar-refractivity contribution >= 4 is 21.8 Å². The van der Waals surface area contributed by atoms with Crippen molar-refractivity contribution in [3.63, 3.8) is 0 Å². The lowest BCUT2D eigenvalue weighted by atomic mass is 10.1. The van der Waals surface area contributed by atoms with Crippen molar-refractivity contribution < 1.29 is 22.4 Å². The Morgan fingerprint density at radius 3 is 2.74 bits per heavy atom. The molecule has 4 N–H and O–H groups in total. The smallest absolute Gasteiger partial charge is 0.271 e. The summed E-state index contributed by atoms with van der Waals surface area (Å²) in [7, 11) is -3.86. The van der Waals surface area contributed by atoms with Crippen LogP contribution in [0.4, 0.5) is 0 Å². The van der Waals surface area contributed by atoms with Gasteiger partial charge in [0.15, 0.2) is 0 Å². The zero-order chi connectivity index (χ0) is 14.0. The summed E-state index contributed by atoms with van der Waals surface area (Å²) in [6.45, 7) is 0.168. The molecule has 1 aliphatic heterocycles. The Balaban J connectivity index is 1.94. The molecule has 9 heteroatoms. The Hall–Kier alpha value is -1.71. The Morgan fingerprint density at radius 2 is 2.16 bits per heavy atom. The van der Waals surface area contributed by atoms with Gasteiger partial charge in [0.25, 0.3) is 10.0 Å². The molecule has 19 heavy (non-hydrogen) atoms. The van der Waals surface area contributed by atoms with Gasteiger partial charge in [-0.3, -0.25) is 20.2 Å². The highest BCUT2D eigenvalue weighted by atomic mass is 32.2. The van der Waals surface area contributed by atoms with Gasteiger partial charge in [-0.2, -0.15) is 0 Å². The number of primary sulfonamides is 1. The van der Waals surface area contributed by atoms with Crippen molar-refractivity contribution in [3.8, 4) is 0 Å². The molecule has 2 rings (SSSR count). The summed E-state index contributed by atoms with van der Waals surface area (Å²) in [6, 6.07) is 2.20. The van der Waals surface area contributed by atoms with Crippen LogP contribution in [0.25, 0.3) is 0 Å². The van der Waals surface area contributed by atoms with Gasteiger partial charge in [-0.1, -0.05) is 0 Å². The predicted octanol–water partition coefficient (Wildman–Crippen LogP) is -1.18. The summed E-state index contributed by atoms with van der Waals surface area (Å²) in [5.41, 5.74) is 0. The monoisotopic (exact) mass is 287 g/mol. The second-order valence-corrected chi connectivity index (χ2v) is 5.64. The predicted molar refractivity (Wildman–Crippen MR) is 63.1 cm³/mol. The van der Waals surface area contributed by atoms with Crippen LogP contribution in [-0.4, -0.2) is 26.3 Å². The maximum absolute atomic E-state index is 11.4. The molecule has 2 amide bonds. The van der Waals surface area contributed by atoms with E-state index < -0.39 is 22.0 Å². The lowest BCUT2D eigenvalue weighted by Crippen LogP contribution is -2.50. The van der Waals surface area contributed by atoms with E-state index in [4.69, 9.17) is 9.56 Å². The number of nitrogens with one attached hydrogen (secondary N) is 2. The van der Waals surface area contributed by atoms with E-state index in [1.807, 2.05) is 0 Å². The average molecular weight is 287 g/mol. The van der Waals surface area contributed by atoms with Crippen molar-refractivity contribution in [1.29, 1.82) is 0 Å². The SMILES string of the molecule is NS(=O)(=O)c1ccc(CNC2CCC(=O)NC2=O)o1. The van der Waals surface area contributed by atoms with Crippen LogP contribution in [0.1, 0.15) is 18.6 Å². The zero-order valence-corrected chi connectivity index (χ0v) is 10.7. The molecule has 104 valence electrons. The normalized spacial score (nSPS) is 20.4. The number of hydrogen-bond donors (Lipinski definition) is 3. The summed E-state index contributed by atoms with van der Waals surface area (Å²) < 4.78 is 27.0. The largest absolute Gasteiger partial charge is 0.447 e. The van der Waals surface area contributed by atoms with Gasteiger partial charge in [-0.05, 0) is 18.6 Å². The lowest BCUT2D eigenvalue weighted by Gasteiger charge is -2.21. The van der Waals surface area contributed by atoms with Gasteiger partial charge in [0, 0.05) is 6.42 Å². The second-order valence-electron chi connectivity index (χ2n) is 4.15. The summed E-state index contributed by atoms with van der Waals surface area (Å²) in [5, 5.41) is 9.66. The Kier molecular flexibility index (Phi) is 3.69. The molecule has 0 bridgehead atoms. The van der Waals surface area contributed by atoms with Crippen LogP contribution >= 0.6 is 0 Å². The quantitative estimate of drug-likeness (QED) is 0.597. The number of hydrogen-bond acceptors (Lipinski definition) is 6. The number of furan rings is 1. The van der Waals surface area contributed by atoms with Gasteiger partial charge in [0.1, 0.15) is 5.76 Å². The molecule has 8 nitrogen and oxygen atoms in total. The Morgan fingerprint density at radius 1 is 1.42 bits per heavy atom. The molecule has 1 saturated heterocycles. The molecule has 1 aromatic heterocycles. The van der Waals surface area contributed by atoms with Crippen LogP contribution in [0, 0.1) is 0 Å². The minimum absolute atomic E-state index is 0.168. The van der Waals surface area contributed by atoms with Crippen LogP contribution in [0.3, 0.4) is 0 Å². The number of carbonyl (C=O) groups is 2. The number of rotatable bonds is 4. The van der Waals surface area contributed by atoms with Gasteiger partial charge in [-0.25, -0.2) is 13.6 Å². The highest BCUT2D eigenvalue weighted by Gasteiger charge is 2.26. The summed E-state index contributed by atoms with van der Waals surface area (Å²) in [5.74, 6) is -0.347.